The maximum atomic E-state index is 9.83. The lowest BCUT2D eigenvalue weighted by Crippen LogP contribution is -2.34. The molecule has 0 aliphatic rings. The first-order chi connectivity index (χ1) is 8.61. The molecule has 1 N–H and O–H groups in total. The van der Waals surface area contributed by atoms with Crippen LogP contribution >= 0.6 is 0 Å². The van der Waals surface area contributed by atoms with E-state index in [2.05, 4.69) is 0 Å². The fourth-order valence-electron chi connectivity index (χ4n) is 1.58. The van der Waals surface area contributed by atoms with Crippen LogP contribution in [0.5, 0.6) is 5.75 Å². The maximum absolute atomic E-state index is 9.83. The van der Waals surface area contributed by atoms with Gasteiger partial charge in [0.25, 0.3) is 0 Å². The van der Waals surface area contributed by atoms with E-state index in [1.165, 1.54) is 5.56 Å². The Bertz CT molecular complexity index is 326. The van der Waals surface area contributed by atoms with Crippen molar-refractivity contribution in [1.29, 1.82) is 0 Å². The Morgan fingerprint density at radius 1 is 1.28 bits per heavy atom. The number of likely N-dealkylation sites (N-methyl/N-ethyl adjacent to an activating group) is 1. The van der Waals surface area contributed by atoms with Crippen molar-refractivity contribution in [2.45, 2.75) is 13.0 Å². The van der Waals surface area contributed by atoms with Crippen LogP contribution < -0.4 is 4.74 Å². The van der Waals surface area contributed by atoms with Crippen LogP contribution in [0, 0.1) is 6.92 Å². The molecule has 1 atom stereocenters. The number of aliphatic hydroxyl groups excluding tert-OH is 1. The summed E-state index contributed by atoms with van der Waals surface area (Å²) in [4.78, 5) is 2.02. The number of aryl methyl sites for hydroxylation is 1. The lowest BCUT2D eigenvalue weighted by Gasteiger charge is -2.20. The third-order valence-electron chi connectivity index (χ3n) is 2.66. The summed E-state index contributed by atoms with van der Waals surface area (Å²) in [6.07, 6.45) is -0.492. The van der Waals surface area contributed by atoms with Gasteiger partial charge in [-0.2, -0.15) is 0 Å². The van der Waals surface area contributed by atoms with Gasteiger partial charge in [0.2, 0.25) is 0 Å². The van der Waals surface area contributed by atoms with E-state index in [1.807, 2.05) is 43.1 Å². The molecule has 0 amide bonds. The largest absolute Gasteiger partial charge is 0.491 e. The van der Waals surface area contributed by atoms with E-state index in [0.717, 1.165) is 12.3 Å². The zero-order valence-electron chi connectivity index (χ0n) is 11.4. The van der Waals surface area contributed by atoms with Crippen molar-refractivity contribution < 1.29 is 14.6 Å². The van der Waals surface area contributed by atoms with Crippen molar-refractivity contribution in [3.8, 4) is 5.75 Å². The molecule has 1 unspecified atom stereocenters. The highest BCUT2D eigenvalue weighted by Gasteiger charge is 2.08. The van der Waals surface area contributed by atoms with Crippen LogP contribution in [0.15, 0.2) is 24.3 Å². The van der Waals surface area contributed by atoms with Gasteiger partial charge in [-0.15, -0.1) is 0 Å². The smallest absolute Gasteiger partial charge is 0.119 e. The van der Waals surface area contributed by atoms with Gasteiger partial charge in [-0.05, 0) is 26.1 Å². The molecule has 0 spiro atoms. The molecule has 0 fully saturated rings. The predicted molar refractivity (Wildman–Crippen MR) is 72.1 cm³/mol. The highest BCUT2D eigenvalue weighted by Crippen LogP contribution is 2.11. The summed E-state index contributed by atoms with van der Waals surface area (Å²) in [5, 5.41) is 9.83. The van der Waals surface area contributed by atoms with Crippen LogP contribution in [0.4, 0.5) is 0 Å². The molecule has 1 rings (SSSR count). The van der Waals surface area contributed by atoms with Gasteiger partial charge in [-0.1, -0.05) is 17.7 Å². The first-order valence-corrected chi connectivity index (χ1v) is 6.17. The molecule has 0 radical (unpaired) electrons. The summed E-state index contributed by atoms with van der Waals surface area (Å²) in [5.74, 6) is 0.791. The lowest BCUT2D eigenvalue weighted by atomic mass is 10.2. The second-order valence-electron chi connectivity index (χ2n) is 4.53. The molecule has 4 nitrogen and oxygen atoms in total. The van der Waals surface area contributed by atoms with Crippen molar-refractivity contribution in [1.82, 2.24) is 4.90 Å². The monoisotopic (exact) mass is 253 g/mol. The second-order valence-corrected chi connectivity index (χ2v) is 4.53. The van der Waals surface area contributed by atoms with Crippen molar-refractivity contribution in [2.75, 3.05) is 40.5 Å². The van der Waals surface area contributed by atoms with Gasteiger partial charge in [0, 0.05) is 20.2 Å². The highest BCUT2D eigenvalue weighted by molar-refractivity contribution is 5.26. The summed E-state index contributed by atoms with van der Waals surface area (Å²) < 4.78 is 10.5. The van der Waals surface area contributed by atoms with E-state index >= 15 is 0 Å². The summed E-state index contributed by atoms with van der Waals surface area (Å²) in [6.45, 7) is 4.39. The molecular weight excluding hydrogens is 230 g/mol. The Hall–Kier alpha value is -1.10. The molecule has 0 aliphatic heterocycles. The molecular formula is C14H23NO3. The number of nitrogens with zero attached hydrogens (tertiary/aromatic N) is 1. The average Bonchev–Trinajstić information content (AvgIpc) is 2.35. The zero-order valence-corrected chi connectivity index (χ0v) is 11.4. The minimum atomic E-state index is -0.492. The highest BCUT2D eigenvalue weighted by atomic mass is 16.5. The first-order valence-electron chi connectivity index (χ1n) is 6.17. The SMILES string of the molecule is COCCN(C)CC(O)COc1ccc(C)cc1. The molecule has 1 aromatic carbocycles. The van der Waals surface area contributed by atoms with Gasteiger partial charge >= 0.3 is 0 Å². The van der Waals surface area contributed by atoms with Crippen molar-refractivity contribution >= 4 is 0 Å². The molecule has 0 saturated heterocycles. The number of methoxy groups -OCH3 is 1. The number of hydrogen-bond acceptors (Lipinski definition) is 4. The zero-order chi connectivity index (χ0) is 13.4. The fourth-order valence-corrected chi connectivity index (χ4v) is 1.58. The van der Waals surface area contributed by atoms with E-state index in [-0.39, 0.29) is 0 Å². The molecule has 0 bridgehead atoms. The van der Waals surface area contributed by atoms with Crippen LogP contribution in [0.25, 0.3) is 0 Å². The summed E-state index contributed by atoms with van der Waals surface area (Å²) in [7, 11) is 3.62. The molecule has 0 saturated carbocycles. The Morgan fingerprint density at radius 3 is 2.56 bits per heavy atom. The van der Waals surface area contributed by atoms with Crippen LogP contribution in [0.1, 0.15) is 5.56 Å². The van der Waals surface area contributed by atoms with Gasteiger partial charge in [0.05, 0.1) is 6.61 Å². The van der Waals surface area contributed by atoms with E-state index < -0.39 is 6.10 Å². The van der Waals surface area contributed by atoms with E-state index in [9.17, 15) is 5.11 Å². The van der Waals surface area contributed by atoms with Crippen LogP contribution in [0.3, 0.4) is 0 Å². The summed E-state index contributed by atoms with van der Waals surface area (Å²) >= 11 is 0. The van der Waals surface area contributed by atoms with Gasteiger partial charge in [0.15, 0.2) is 0 Å². The van der Waals surface area contributed by atoms with Gasteiger partial charge in [0.1, 0.15) is 18.5 Å². The molecule has 0 aliphatic carbocycles. The Labute approximate surface area is 109 Å². The minimum absolute atomic E-state index is 0.306. The molecule has 102 valence electrons. The van der Waals surface area contributed by atoms with E-state index in [1.54, 1.807) is 7.11 Å². The average molecular weight is 253 g/mol. The number of rotatable bonds is 8. The van der Waals surface area contributed by atoms with E-state index in [0.29, 0.717) is 19.8 Å². The molecule has 4 heteroatoms. The normalized spacial score (nSPS) is 12.7. The molecule has 1 aromatic rings. The molecule has 0 heterocycles. The van der Waals surface area contributed by atoms with Crippen molar-refractivity contribution in [2.24, 2.45) is 0 Å². The quantitative estimate of drug-likeness (QED) is 0.758. The third kappa shape index (κ3) is 6.00. The van der Waals surface area contributed by atoms with Crippen molar-refractivity contribution in [3.05, 3.63) is 29.8 Å². The molecule has 0 aromatic heterocycles. The van der Waals surface area contributed by atoms with Gasteiger partial charge < -0.3 is 19.5 Å². The standard InChI is InChI=1S/C14H23NO3/c1-12-4-6-14(7-5-12)18-11-13(16)10-15(2)8-9-17-3/h4-7,13,16H,8-11H2,1-3H3. The van der Waals surface area contributed by atoms with E-state index in [4.69, 9.17) is 9.47 Å². The number of benzene rings is 1. The van der Waals surface area contributed by atoms with Crippen LogP contribution in [-0.4, -0.2) is 56.6 Å². The second kappa shape index (κ2) is 8.08. The third-order valence-corrected chi connectivity index (χ3v) is 2.66. The fraction of sp³-hybridized carbons (Fsp3) is 0.571. The number of ether oxygens (including phenoxy) is 2. The van der Waals surface area contributed by atoms with Crippen LogP contribution in [-0.2, 0) is 4.74 Å². The summed E-state index contributed by atoms with van der Waals surface area (Å²) in [5.41, 5.74) is 1.20. The van der Waals surface area contributed by atoms with Crippen LogP contribution in [0.2, 0.25) is 0 Å². The van der Waals surface area contributed by atoms with Gasteiger partial charge in [-0.3, -0.25) is 0 Å². The number of hydrogen-bond donors (Lipinski definition) is 1. The predicted octanol–water partition coefficient (Wildman–Crippen LogP) is 1.31. The first kappa shape index (κ1) is 15.0. The molecule has 18 heavy (non-hydrogen) atoms. The Kier molecular flexibility index (Phi) is 6.72. The number of aliphatic hydroxyl groups is 1. The lowest BCUT2D eigenvalue weighted by molar-refractivity contribution is 0.0668. The Balaban J connectivity index is 2.24. The van der Waals surface area contributed by atoms with Crippen molar-refractivity contribution in [3.63, 3.8) is 0 Å². The Morgan fingerprint density at radius 2 is 1.94 bits per heavy atom. The summed E-state index contributed by atoms with van der Waals surface area (Å²) in [6, 6.07) is 7.81. The van der Waals surface area contributed by atoms with Gasteiger partial charge in [-0.25, -0.2) is 0 Å². The maximum Gasteiger partial charge on any atom is 0.119 e. The topological polar surface area (TPSA) is 41.9 Å². The minimum Gasteiger partial charge on any atom is -0.491 e.